The van der Waals surface area contributed by atoms with Gasteiger partial charge in [0.2, 0.25) is 0 Å². The van der Waals surface area contributed by atoms with Crippen LogP contribution in [0.3, 0.4) is 0 Å². The quantitative estimate of drug-likeness (QED) is 0.789. The predicted molar refractivity (Wildman–Crippen MR) is 73.7 cm³/mol. The van der Waals surface area contributed by atoms with Gasteiger partial charge in [-0.2, -0.15) is 0 Å². The zero-order valence-electron chi connectivity index (χ0n) is 11.5. The monoisotopic (exact) mass is 232 g/mol. The van der Waals surface area contributed by atoms with Crippen molar-refractivity contribution in [1.29, 1.82) is 0 Å². The van der Waals surface area contributed by atoms with Crippen LogP contribution in [0.5, 0.6) is 0 Å². The summed E-state index contributed by atoms with van der Waals surface area (Å²) in [5, 5.41) is 0. The molecule has 0 N–H and O–H groups in total. The fourth-order valence-corrected chi connectivity index (χ4v) is 2.72. The molecule has 1 aliphatic heterocycles. The second-order valence-electron chi connectivity index (χ2n) is 5.51. The molecular weight excluding hydrogens is 208 g/mol. The molecule has 0 aliphatic carbocycles. The molecule has 1 fully saturated rings. The third-order valence-electron chi connectivity index (χ3n) is 3.92. The molecule has 2 nitrogen and oxygen atoms in total. The van der Waals surface area contributed by atoms with E-state index in [0.29, 0.717) is 5.92 Å². The van der Waals surface area contributed by atoms with Crippen molar-refractivity contribution in [1.82, 2.24) is 4.98 Å². The van der Waals surface area contributed by atoms with Crippen molar-refractivity contribution < 1.29 is 0 Å². The van der Waals surface area contributed by atoms with E-state index in [2.05, 4.69) is 44.7 Å². The largest absolute Gasteiger partial charge is 0.356 e. The first kappa shape index (κ1) is 12.4. The van der Waals surface area contributed by atoms with Gasteiger partial charge in [0.25, 0.3) is 0 Å². The molecule has 94 valence electrons. The summed E-state index contributed by atoms with van der Waals surface area (Å²) in [6, 6.07) is 4.45. The molecular formula is C15H24N2. The Balaban J connectivity index is 2.15. The predicted octanol–water partition coefficient (Wildman–Crippen LogP) is 3.75. The molecule has 0 radical (unpaired) electrons. The summed E-state index contributed by atoms with van der Waals surface area (Å²) in [4.78, 5) is 7.21. The van der Waals surface area contributed by atoms with E-state index >= 15 is 0 Å². The SMILES string of the molecule is CCC1CCN(c2ccc(C(C)C)c(C)n2)C1. The smallest absolute Gasteiger partial charge is 0.128 e. The van der Waals surface area contributed by atoms with Gasteiger partial charge in [0.05, 0.1) is 0 Å². The zero-order valence-corrected chi connectivity index (χ0v) is 11.5. The first-order valence-corrected chi connectivity index (χ1v) is 6.84. The van der Waals surface area contributed by atoms with Crippen LogP contribution in [0.4, 0.5) is 5.82 Å². The van der Waals surface area contributed by atoms with Crippen molar-refractivity contribution in [3.8, 4) is 0 Å². The van der Waals surface area contributed by atoms with Crippen LogP contribution in [-0.4, -0.2) is 18.1 Å². The molecule has 1 aromatic heterocycles. The minimum atomic E-state index is 0.568. The number of anilines is 1. The van der Waals surface area contributed by atoms with E-state index in [1.54, 1.807) is 0 Å². The van der Waals surface area contributed by atoms with Crippen molar-refractivity contribution in [2.75, 3.05) is 18.0 Å². The molecule has 0 amide bonds. The Morgan fingerprint density at radius 2 is 2.18 bits per heavy atom. The summed E-state index contributed by atoms with van der Waals surface area (Å²) in [6.45, 7) is 11.2. The van der Waals surface area contributed by atoms with Crippen molar-refractivity contribution in [2.45, 2.75) is 46.5 Å². The molecule has 1 atom stereocenters. The summed E-state index contributed by atoms with van der Waals surface area (Å²) in [7, 11) is 0. The minimum Gasteiger partial charge on any atom is -0.356 e. The summed E-state index contributed by atoms with van der Waals surface area (Å²) >= 11 is 0. The molecule has 17 heavy (non-hydrogen) atoms. The van der Waals surface area contributed by atoms with Crippen LogP contribution in [0.25, 0.3) is 0 Å². The van der Waals surface area contributed by atoms with Gasteiger partial charge >= 0.3 is 0 Å². The van der Waals surface area contributed by atoms with Crippen molar-refractivity contribution >= 4 is 5.82 Å². The molecule has 1 saturated heterocycles. The highest BCUT2D eigenvalue weighted by Crippen LogP contribution is 2.26. The van der Waals surface area contributed by atoms with Gasteiger partial charge in [0.1, 0.15) is 5.82 Å². The van der Waals surface area contributed by atoms with Crippen LogP contribution in [0.2, 0.25) is 0 Å². The summed E-state index contributed by atoms with van der Waals surface area (Å²) in [6.07, 6.45) is 2.61. The lowest BCUT2D eigenvalue weighted by Gasteiger charge is -2.19. The molecule has 0 aromatic carbocycles. The van der Waals surface area contributed by atoms with E-state index in [4.69, 9.17) is 4.98 Å². The lowest BCUT2D eigenvalue weighted by Crippen LogP contribution is -2.21. The van der Waals surface area contributed by atoms with Gasteiger partial charge in [-0.1, -0.05) is 33.3 Å². The van der Waals surface area contributed by atoms with Crippen molar-refractivity contribution in [3.63, 3.8) is 0 Å². The summed E-state index contributed by atoms with van der Waals surface area (Å²) in [5.41, 5.74) is 2.57. The standard InChI is InChI=1S/C15H24N2/c1-5-13-8-9-17(10-13)15-7-6-14(11(2)3)12(4)16-15/h6-7,11,13H,5,8-10H2,1-4H3. The van der Waals surface area contributed by atoms with E-state index in [0.717, 1.165) is 5.92 Å². The van der Waals surface area contributed by atoms with Crippen LogP contribution >= 0.6 is 0 Å². The Morgan fingerprint density at radius 3 is 2.71 bits per heavy atom. The Labute approximate surface area is 105 Å². The maximum absolute atomic E-state index is 4.77. The highest BCUT2D eigenvalue weighted by atomic mass is 15.2. The third-order valence-corrected chi connectivity index (χ3v) is 3.92. The minimum absolute atomic E-state index is 0.568. The van der Waals surface area contributed by atoms with E-state index in [1.807, 2.05) is 0 Å². The molecule has 0 saturated carbocycles. The van der Waals surface area contributed by atoms with Crippen molar-refractivity contribution in [2.24, 2.45) is 5.92 Å². The highest BCUT2D eigenvalue weighted by Gasteiger charge is 2.22. The van der Waals surface area contributed by atoms with Crippen LogP contribution in [0.1, 0.15) is 50.8 Å². The number of nitrogens with zero attached hydrogens (tertiary/aromatic N) is 2. The van der Waals surface area contributed by atoms with E-state index in [1.165, 1.54) is 43.0 Å². The number of aryl methyl sites for hydroxylation is 1. The Bertz CT molecular complexity index is 385. The highest BCUT2D eigenvalue weighted by molar-refractivity contribution is 5.43. The summed E-state index contributed by atoms with van der Waals surface area (Å²) < 4.78 is 0. The number of aromatic nitrogens is 1. The lowest BCUT2D eigenvalue weighted by atomic mass is 10.0. The van der Waals surface area contributed by atoms with Crippen LogP contribution < -0.4 is 4.90 Å². The molecule has 1 unspecified atom stereocenters. The van der Waals surface area contributed by atoms with Gasteiger partial charge in [-0.05, 0) is 36.8 Å². The summed E-state index contributed by atoms with van der Waals surface area (Å²) in [5.74, 6) is 2.60. The topological polar surface area (TPSA) is 16.1 Å². The molecule has 2 heterocycles. The van der Waals surface area contributed by atoms with Gasteiger partial charge in [-0.25, -0.2) is 4.98 Å². The van der Waals surface area contributed by atoms with Gasteiger partial charge in [-0.15, -0.1) is 0 Å². The van der Waals surface area contributed by atoms with Crippen LogP contribution in [-0.2, 0) is 0 Å². The fourth-order valence-electron chi connectivity index (χ4n) is 2.72. The average Bonchev–Trinajstić information content (AvgIpc) is 2.76. The molecule has 2 rings (SSSR count). The Hall–Kier alpha value is -1.05. The number of hydrogen-bond acceptors (Lipinski definition) is 2. The van der Waals surface area contributed by atoms with Gasteiger partial charge in [0.15, 0.2) is 0 Å². The average molecular weight is 232 g/mol. The number of pyridine rings is 1. The van der Waals surface area contributed by atoms with E-state index in [9.17, 15) is 0 Å². The number of hydrogen-bond donors (Lipinski definition) is 0. The van der Waals surface area contributed by atoms with Crippen molar-refractivity contribution in [3.05, 3.63) is 23.4 Å². The zero-order chi connectivity index (χ0) is 12.4. The lowest BCUT2D eigenvalue weighted by molar-refractivity contribution is 0.568. The molecule has 1 aliphatic rings. The van der Waals surface area contributed by atoms with Gasteiger partial charge in [0, 0.05) is 18.8 Å². The van der Waals surface area contributed by atoms with Gasteiger partial charge in [-0.3, -0.25) is 0 Å². The Morgan fingerprint density at radius 1 is 1.41 bits per heavy atom. The van der Waals surface area contributed by atoms with Crippen LogP contribution in [0.15, 0.2) is 12.1 Å². The Kier molecular flexibility index (Phi) is 3.70. The molecule has 0 spiro atoms. The van der Waals surface area contributed by atoms with Gasteiger partial charge < -0.3 is 4.90 Å². The maximum atomic E-state index is 4.77. The molecule has 1 aromatic rings. The first-order chi connectivity index (χ1) is 8.11. The van der Waals surface area contributed by atoms with E-state index < -0.39 is 0 Å². The fraction of sp³-hybridized carbons (Fsp3) is 0.667. The van der Waals surface area contributed by atoms with Crippen LogP contribution in [0, 0.1) is 12.8 Å². The molecule has 0 bridgehead atoms. The third kappa shape index (κ3) is 2.62. The second kappa shape index (κ2) is 5.07. The first-order valence-electron chi connectivity index (χ1n) is 6.84. The second-order valence-corrected chi connectivity index (χ2v) is 5.51. The molecule has 2 heteroatoms. The van der Waals surface area contributed by atoms with E-state index in [-0.39, 0.29) is 0 Å². The maximum Gasteiger partial charge on any atom is 0.128 e. The number of rotatable bonds is 3. The normalized spacial score (nSPS) is 20.3.